The largest absolute Gasteiger partial charge is 0.279 e. The van der Waals surface area contributed by atoms with Crippen molar-refractivity contribution in [2.24, 2.45) is 0 Å². The second-order valence-corrected chi connectivity index (χ2v) is 5.99. The molecule has 0 aliphatic carbocycles. The molecule has 2 N–H and O–H groups in total. The maximum atomic E-state index is 11.6. The molecule has 0 unspecified atom stereocenters. The van der Waals surface area contributed by atoms with E-state index in [0.29, 0.717) is 11.3 Å². The standard InChI is InChI=1S/C12H17BrN2O2S/c1-9-6-7-10(18-9)12(17)15-14-11(16)5-3-2-4-8-13/h6-7H,2-5,8H2,1H3,(H,14,16)(H,15,17). The van der Waals surface area contributed by atoms with Gasteiger partial charge in [0.15, 0.2) is 0 Å². The van der Waals surface area contributed by atoms with Gasteiger partial charge < -0.3 is 0 Å². The van der Waals surface area contributed by atoms with Gasteiger partial charge in [-0.15, -0.1) is 11.3 Å². The van der Waals surface area contributed by atoms with Gasteiger partial charge in [-0.1, -0.05) is 22.4 Å². The van der Waals surface area contributed by atoms with E-state index in [1.807, 2.05) is 13.0 Å². The molecule has 0 aliphatic rings. The predicted molar refractivity (Wildman–Crippen MR) is 76.9 cm³/mol. The predicted octanol–water partition coefficient (Wildman–Crippen LogP) is 2.77. The molecule has 4 nitrogen and oxygen atoms in total. The Morgan fingerprint density at radius 3 is 2.61 bits per heavy atom. The molecule has 0 saturated heterocycles. The summed E-state index contributed by atoms with van der Waals surface area (Å²) in [5.74, 6) is -0.409. The van der Waals surface area contributed by atoms with E-state index in [4.69, 9.17) is 0 Å². The third-order valence-electron chi connectivity index (χ3n) is 2.32. The minimum absolute atomic E-state index is 0.147. The van der Waals surface area contributed by atoms with Crippen molar-refractivity contribution in [1.29, 1.82) is 0 Å². The van der Waals surface area contributed by atoms with Crippen LogP contribution in [0.5, 0.6) is 0 Å². The number of nitrogens with one attached hydrogen (secondary N) is 2. The molecule has 1 heterocycles. The van der Waals surface area contributed by atoms with Crippen molar-refractivity contribution in [2.75, 3.05) is 5.33 Å². The Bertz CT molecular complexity index is 407. The third kappa shape index (κ3) is 5.64. The summed E-state index contributed by atoms with van der Waals surface area (Å²) in [6, 6.07) is 3.62. The summed E-state index contributed by atoms with van der Waals surface area (Å²) < 4.78 is 0. The number of halogens is 1. The van der Waals surface area contributed by atoms with Crippen molar-refractivity contribution >= 4 is 39.1 Å². The first kappa shape index (κ1) is 15.2. The first-order valence-corrected chi connectivity index (χ1v) is 7.79. The summed E-state index contributed by atoms with van der Waals surface area (Å²) >= 11 is 4.74. The van der Waals surface area contributed by atoms with Crippen LogP contribution in [-0.4, -0.2) is 17.1 Å². The van der Waals surface area contributed by atoms with Crippen LogP contribution in [0.15, 0.2) is 12.1 Å². The van der Waals surface area contributed by atoms with Crippen LogP contribution in [0.3, 0.4) is 0 Å². The van der Waals surface area contributed by atoms with Crippen molar-refractivity contribution < 1.29 is 9.59 Å². The first-order valence-electron chi connectivity index (χ1n) is 5.85. The highest BCUT2D eigenvalue weighted by Crippen LogP contribution is 2.14. The lowest BCUT2D eigenvalue weighted by atomic mass is 10.2. The Morgan fingerprint density at radius 1 is 1.22 bits per heavy atom. The summed E-state index contributed by atoms with van der Waals surface area (Å²) in [4.78, 5) is 24.7. The van der Waals surface area contributed by atoms with Gasteiger partial charge in [0.2, 0.25) is 5.91 Å². The fraction of sp³-hybridized carbons (Fsp3) is 0.500. The third-order valence-corrected chi connectivity index (χ3v) is 3.88. The van der Waals surface area contributed by atoms with Crippen LogP contribution >= 0.6 is 27.3 Å². The molecule has 0 aliphatic heterocycles. The minimum atomic E-state index is -0.262. The molecule has 2 amide bonds. The number of aryl methyl sites for hydroxylation is 1. The van der Waals surface area contributed by atoms with Crippen molar-refractivity contribution in [3.8, 4) is 0 Å². The SMILES string of the molecule is Cc1ccc(C(=O)NNC(=O)CCCCCBr)s1. The Labute approximate surface area is 119 Å². The lowest BCUT2D eigenvalue weighted by Gasteiger charge is -2.05. The Hall–Kier alpha value is -0.880. The molecule has 0 radical (unpaired) electrons. The van der Waals surface area contributed by atoms with Gasteiger partial charge in [0.1, 0.15) is 0 Å². The van der Waals surface area contributed by atoms with E-state index in [1.54, 1.807) is 6.07 Å². The van der Waals surface area contributed by atoms with Crippen LogP contribution in [0.25, 0.3) is 0 Å². The van der Waals surface area contributed by atoms with E-state index >= 15 is 0 Å². The van der Waals surface area contributed by atoms with Gasteiger partial charge in [0.05, 0.1) is 4.88 Å². The molecule has 18 heavy (non-hydrogen) atoms. The molecule has 100 valence electrons. The fourth-order valence-corrected chi connectivity index (χ4v) is 2.52. The smallest absolute Gasteiger partial charge is 0.273 e. The zero-order chi connectivity index (χ0) is 13.4. The highest BCUT2D eigenvalue weighted by Gasteiger charge is 2.08. The number of amides is 2. The molecule has 1 aromatic rings. The average molecular weight is 333 g/mol. The number of hydrazine groups is 1. The van der Waals surface area contributed by atoms with Gasteiger partial charge in [-0.05, 0) is 31.9 Å². The Morgan fingerprint density at radius 2 is 2.00 bits per heavy atom. The molecular formula is C12H17BrN2O2S. The average Bonchev–Trinajstić information content (AvgIpc) is 2.78. The second kappa shape index (κ2) is 8.26. The van der Waals surface area contributed by atoms with Crippen molar-refractivity contribution in [2.45, 2.75) is 32.6 Å². The summed E-state index contributed by atoms with van der Waals surface area (Å²) in [7, 11) is 0. The van der Waals surface area contributed by atoms with E-state index in [0.717, 1.165) is 29.5 Å². The summed E-state index contributed by atoms with van der Waals surface area (Å²) in [5, 5.41) is 0.961. The number of rotatable bonds is 6. The van der Waals surface area contributed by atoms with Gasteiger partial charge in [0.25, 0.3) is 5.91 Å². The molecule has 0 aromatic carbocycles. The number of carbonyl (C=O) groups excluding carboxylic acids is 2. The maximum Gasteiger partial charge on any atom is 0.279 e. The van der Waals surface area contributed by atoms with Gasteiger partial charge in [-0.3, -0.25) is 20.4 Å². The normalized spacial score (nSPS) is 10.1. The van der Waals surface area contributed by atoms with Gasteiger partial charge in [0, 0.05) is 16.6 Å². The quantitative estimate of drug-likeness (QED) is 0.478. The van der Waals surface area contributed by atoms with E-state index < -0.39 is 0 Å². The number of hydrogen-bond donors (Lipinski definition) is 2. The van der Waals surface area contributed by atoms with Crippen LogP contribution in [-0.2, 0) is 4.79 Å². The zero-order valence-electron chi connectivity index (χ0n) is 10.3. The highest BCUT2D eigenvalue weighted by molar-refractivity contribution is 9.09. The fourth-order valence-electron chi connectivity index (χ4n) is 1.36. The molecule has 1 rings (SSSR count). The first-order chi connectivity index (χ1) is 8.63. The molecular weight excluding hydrogens is 316 g/mol. The maximum absolute atomic E-state index is 11.6. The van der Waals surface area contributed by atoms with Crippen LogP contribution in [0, 0.1) is 6.92 Å². The summed E-state index contributed by atoms with van der Waals surface area (Å²) in [6.45, 7) is 1.93. The molecule has 6 heteroatoms. The summed E-state index contributed by atoms with van der Waals surface area (Å²) in [6.07, 6.45) is 3.35. The number of thiophene rings is 1. The highest BCUT2D eigenvalue weighted by atomic mass is 79.9. The Balaban J connectivity index is 2.20. The zero-order valence-corrected chi connectivity index (χ0v) is 12.7. The number of hydrogen-bond acceptors (Lipinski definition) is 3. The van der Waals surface area contributed by atoms with Gasteiger partial charge in [-0.2, -0.15) is 0 Å². The lowest BCUT2D eigenvalue weighted by molar-refractivity contribution is -0.121. The van der Waals surface area contributed by atoms with Crippen molar-refractivity contribution in [3.63, 3.8) is 0 Å². The number of unbranched alkanes of at least 4 members (excludes halogenated alkanes) is 2. The van der Waals surface area contributed by atoms with Gasteiger partial charge in [-0.25, -0.2) is 0 Å². The number of carbonyl (C=O) groups is 2. The number of alkyl halides is 1. The van der Waals surface area contributed by atoms with Crippen LogP contribution in [0.1, 0.15) is 40.2 Å². The molecule has 0 fully saturated rings. The van der Waals surface area contributed by atoms with Crippen LogP contribution < -0.4 is 10.9 Å². The summed E-state index contributed by atoms with van der Waals surface area (Å²) in [5.41, 5.74) is 4.84. The Kier molecular flexibility index (Phi) is 6.97. The van der Waals surface area contributed by atoms with Crippen LogP contribution in [0.2, 0.25) is 0 Å². The van der Waals surface area contributed by atoms with E-state index in [9.17, 15) is 9.59 Å². The van der Waals surface area contributed by atoms with E-state index in [1.165, 1.54) is 11.3 Å². The van der Waals surface area contributed by atoms with Gasteiger partial charge >= 0.3 is 0 Å². The monoisotopic (exact) mass is 332 g/mol. The molecule has 0 saturated carbocycles. The van der Waals surface area contributed by atoms with E-state index in [2.05, 4.69) is 26.8 Å². The lowest BCUT2D eigenvalue weighted by Crippen LogP contribution is -2.41. The molecule has 0 spiro atoms. The molecule has 0 atom stereocenters. The van der Waals surface area contributed by atoms with E-state index in [-0.39, 0.29) is 11.8 Å². The molecule has 1 aromatic heterocycles. The molecule has 0 bridgehead atoms. The van der Waals surface area contributed by atoms with Crippen molar-refractivity contribution in [3.05, 3.63) is 21.9 Å². The van der Waals surface area contributed by atoms with Crippen molar-refractivity contribution in [1.82, 2.24) is 10.9 Å². The van der Waals surface area contributed by atoms with Crippen LogP contribution in [0.4, 0.5) is 0 Å². The minimum Gasteiger partial charge on any atom is -0.273 e. The second-order valence-electron chi connectivity index (χ2n) is 3.91. The topological polar surface area (TPSA) is 58.2 Å².